The number of rotatable bonds is 14. The lowest BCUT2D eigenvalue weighted by Crippen LogP contribution is -2.48. The van der Waals surface area contributed by atoms with E-state index in [1.807, 2.05) is 23.9 Å². The maximum Gasteiger partial charge on any atom is 0.417 e. The number of halogens is 3. The van der Waals surface area contributed by atoms with E-state index in [0.717, 1.165) is 63.8 Å². The first-order chi connectivity index (χ1) is 17.5. The molecule has 1 fully saturated rings. The predicted octanol–water partition coefficient (Wildman–Crippen LogP) is 4.43. The number of carbonyl (C=O) groups is 1. The van der Waals surface area contributed by atoms with Gasteiger partial charge in [-0.3, -0.25) is 4.79 Å². The van der Waals surface area contributed by atoms with Crippen LogP contribution in [0.1, 0.15) is 57.1 Å². The average Bonchev–Trinajstić information content (AvgIpc) is 2.83. The van der Waals surface area contributed by atoms with E-state index in [9.17, 15) is 23.1 Å². The summed E-state index contributed by atoms with van der Waals surface area (Å²) in [6, 6.07) is 4.44. The Morgan fingerprint density at radius 2 is 1.81 bits per heavy atom. The van der Waals surface area contributed by atoms with E-state index in [2.05, 4.69) is 21.4 Å². The van der Waals surface area contributed by atoms with E-state index in [4.69, 9.17) is 5.26 Å². The minimum Gasteiger partial charge on any atom is -0.379 e. The highest BCUT2D eigenvalue weighted by Crippen LogP contribution is 2.33. The molecule has 0 aliphatic carbocycles. The molecule has 1 aromatic carbocycles. The zero-order valence-corrected chi connectivity index (χ0v) is 22.9. The van der Waals surface area contributed by atoms with Crippen molar-refractivity contribution in [1.82, 2.24) is 14.1 Å². The predicted molar refractivity (Wildman–Crippen MR) is 142 cm³/mol. The Morgan fingerprint density at radius 1 is 1.16 bits per heavy atom. The van der Waals surface area contributed by atoms with Gasteiger partial charge in [-0.25, -0.2) is 4.31 Å². The molecule has 0 bridgehead atoms. The second kappa shape index (κ2) is 14.9. The second-order valence-corrected chi connectivity index (χ2v) is 11.1. The second-order valence-electron chi connectivity index (χ2n) is 9.79. The van der Waals surface area contributed by atoms with E-state index < -0.39 is 28.8 Å². The van der Waals surface area contributed by atoms with E-state index in [1.165, 1.54) is 31.9 Å². The zero-order valence-electron chi connectivity index (χ0n) is 22.1. The van der Waals surface area contributed by atoms with Crippen LogP contribution in [0.2, 0.25) is 0 Å². The van der Waals surface area contributed by atoms with Gasteiger partial charge in [0.1, 0.15) is 0 Å². The van der Waals surface area contributed by atoms with E-state index in [1.54, 1.807) is 0 Å². The number of amides is 1. The monoisotopic (exact) mass is 543 g/mol. The number of piperazine rings is 1. The van der Waals surface area contributed by atoms with Crippen molar-refractivity contribution in [2.75, 3.05) is 63.9 Å². The van der Waals surface area contributed by atoms with Gasteiger partial charge in [0.05, 0.1) is 17.2 Å². The maximum absolute atomic E-state index is 13.2. The standard InChI is InChI=1S/C26H40F3N5O2S/c1-4-37-34-16-14-33(15-17-34)13-9-7-5-6-8-12-32(3)20-25(2,36)24(35)31-22-11-10-21(19-30)23(18-22)26(27,28)29/h10-11,18,36H,4-9,12-17,20H2,1-3H3,(H,31,35). The molecule has 2 N–H and O–H groups in total. The minimum absolute atomic E-state index is 0.0452. The zero-order chi connectivity index (χ0) is 27.5. The summed E-state index contributed by atoms with van der Waals surface area (Å²) in [5, 5.41) is 21.9. The number of nitrogens with one attached hydrogen (secondary N) is 1. The Kier molecular flexibility index (Phi) is 12.7. The SMILES string of the molecule is CCSN1CCN(CCCCCCCN(C)CC(C)(O)C(=O)Nc2ccc(C#N)c(C(F)(F)F)c2)CC1. The molecule has 1 heterocycles. The van der Waals surface area contributed by atoms with Crippen LogP contribution < -0.4 is 5.32 Å². The van der Waals surface area contributed by atoms with Crippen molar-refractivity contribution in [2.24, 2.45) is 0 Å². The quantitative estimate of drug-likeness (QED) is 0.265. The van der Waals surface area contributed by atoms with Crippen LogP contribution in [-0.2, 0) is 11.0 Å². The number of anilines is 1. The van der Waals surface area contributed by atoms with Crippen LogP contribution in [0.25, 0.3) is 0 Å². The Morgan fingerprint density at radius 3 is 2.43 bits per heavy atom. The number of hydrogen-bond acceptors (Lipinski definition) is 7. The van der Waals surface area contributed by atoms with Gasteiger partial charge >= 0.3 is 6.18 Å². The Bertz CT molecular complexity index is 899. The van der Waals surface area contributed by atoms with Crippen molar-refractivity contribution in [1.29, 1.82) is 5.26 Å². The summed E-state index contributed by atoms with van der Waals surface area (Å²) in [7, 11) is 1.81. The maximum atomic E-state index is 13.2. The average molecular weight is 544 g/mol. The lowest BCUT2D eigenvalue weighted by atomic mass is 10.0. The molecule has 1 aromatic rings. The van der Waals surface area contributed by atoms with Gasteiger partial charge in [0, 0.05) is 44.2 Å². The fourth-order valence-corrected chi connectivity index (χ4v) is 5.20. The molecule has 0 radical (unpaired) electrons. The third-order valence-electron chi connectivity index (χ3n) is 6.43. The first kappa shape index (κ1) is 31.4. The Balaban J connectivity index is 1.66. The number of carbonyl (C=O) groups excluding carboxylic acids is 1. The van der Waals surface area contributed by atoms with Crippen LogP contribution in [0.3, 0.4) is 0 Å². The summed E-state index contributed by atoms with van der Waals surface area (Å²) >= 11 is 1.92. The molecule has 1 saturated heterocycles. The Hall–Kier alpha value is -1.84. The van der Waals surface area contributed by atoms with Crippen LogP contribution in [0.15, 0.2) is 18.2 Å². The highest BCUT2D eigenvalue weighted by Gasteiger charge is 2.35. The molecule has 11 heteroatoms. The third-order valence-corrected chi connectivity index (χ3v) is 7.42. The van der Waals surface area contributed by atoms with Crippen molar-refractivity contribution in [3.8, 4) is 6.07 Å². The van der Waals surface area contributed by atoms with Gasteiger partial charge in [0.25, 0.3) is 5.91 Å². The smallest absolute Gasteiger partial charge is 0.379 e. The van der Waals surface area contributed by atoms with Crippen molar-refractivity contribution in [3.63, 3.8) is 0 Å². The van der Waals surface area contributed by atoms with Crippen LogP contribution in [-0.4, -0.2) is 89.3 Å². The summed E-state index contributed by atoms with van der Waals surface area (Å²) in [5.41, 5.74) is -3.57. The van der Waals surface area contributed by atoms with Crippen molar-refractivity contribution in [2.45, 2.75) is 57.7 Å². The van der Waals surface area contributed by atoms with Gasteiger partial charge in [0.15, 0.2) is 5.60 Å². The number of benzene rings is 1. The summed E-state index contributed by atoms with van der Waals surface area (Å²) in [5.74, 6) is 0.330. The van der Waals surface area contributed by atoms with Gasteiger partial charge in [-0.1, -0.05) is 38.1 Å². The number of aliphatic hydroxyl groups is 1. The summed E-state index contributed by atoms with van der Waals surface area (Å²) in [6.07, 6.45) is 0.778. The molecular formula is C26H40F3N5O2S. The summed E-state index contributed by atoms with van der Waals surface area (Å²) in [6.45, 7) is 9.97. The molecule has 1 unspecified atom stereocenters. The summed E-state index contributed by atoms with van der Waals surface area (Å²) < 4.78 is 42.0. The number of likely N-dealkylation sites (N-methyl/N-ethyl adjacent to an activating group) is 1. The lowest BCUT2D eigenvalue weighted by Gasteiger charge is -2.33. The molecule has 1 aliphatic rings. The molecule has 0 aromatic heterocycles. The fourth-order valence-electron chi connectivity index (χ4n) is 4.41. The summed E-state index contributed by atoms with van der Waals surface area (Å²) in [4.78, 5) is 17.0. The Labute approximate surface area is 223 Å². The van der Waals surface area contributed by atoms with E-state index in [-0.39, 0.29) is 12.2 Å². The molecule has 37 heavy (non-hydrogen) atoms. The van der Waals surface area contributed by atoms with Gasteiger partial charge in [-0.05, 0) is 58.1 Å². The number of nitrogens with zero attached hydrogens (tertiary/aromatic N) is 4. The molecular weight excluding hydrogens is 503 g/mol. The lowest BCUT2D eigenvalue weighted by molar-refractivity contribution is -0.138. The van der Waals surface area contributed by atoms with Crippen LogP contribution in [0.5, 0.6) is 0 Å². The highest BCUT2D eigenvalue weighted by atomic mass is 32.2. The van der Waals surface area contributed by atoms with Crippen LogP contribution in [0.4, 0.5) is 18.9 Å². The van der Waals surface area contributed by atoms with Crippen LogP contribution >= 0.6 is 11.9 Å². The molecule has 7 nitrogen and oxygen atoms in total. The van der Waals surface area contributed by atoms with Gasteiger partial charge in [-0.2, -0.15) is 18.4 Å². The van der Waals surface area contributed by atoms with Gasteiger partial charge in [0.2, 0.25) is 0 Å². The van der Waals surface area contributed by atoms with Gasteiger partial charge < -0.3 is 20.2 Å². The molecule has 208 valence electrons. The molecule has 1 aliphatic heterocycles. The van der Waals surface area contributed by atoms with Crippen LogP contribution in [0, 0.1) is 11.3 Å². The topological polar surface area (TPSA) is 82.8 Å². The largest absolute Gasteiger partial charge is 0.417 e. The third kappa shape index (κ3) is 10.8. The van der Waals surface area contributed by atoms with Crippen molar-refractivity contribution in [3.05, 3.63) is 29.3 Å². The number of nitriles is 1. The van der Waals surface area contributed by atoms with Crippen molar-refractivity contribution < 1.29 is 23.1 Å². The first-order valence-electron chi connectivity index (χ1n) is 12.9. The van der Waals surface area contributed by atoms with E-state index in [0.29, 0.717) is 12.6 Å². The molecule has 0 saturated carbocycles. The molecule has 0 spiro atoms. The van der Waals surface area contributed by atoms with Gasteiger partial charge in [-0.15, -0.1) is 0 Å². The number of alkyl halides is 3. The molecule has 1 amide bonds. The molecule has 1 atom stereocenters. The highest BCUT2D eigenvalue weighted by molar-refractivity contribution is 7.96. The minimum atomic E-state index is -4.72. The van der Waals surface area contributed by atoms with Crippen molar-refractivity contribution >= 4 is 23.5 Å². The van der Waals surface area contributed by atoms with E-state index >= 15 is 0 Å². The normalized spacial score (nSPS) is 16.9. The molecule has 2 rings (SSSR count). The first-order valence-corrected chi connectivity index (χ1v) is 13.8. The fraction of sp³-hybridized carbons (Fsp3) is 0.692. The number of unbranched alkanes of at least 4 members (excludes halogenated alkanes) is 4. The number of hydrogen-bond donors (Lipinski definition) is 2.